The first-order valence-corrected chi connectivity index (χ1v) is 12.7. The van der Waals surface area contributed by atoms with Crippen LogP contribution in [0.15, 0.2) is 0 Å². The van der Waals surface area contributed by atoms with Gasteiger partial charge in [0, 0.05) is 0 Å². The first-order chi connectivity index (χ1) is 14.4. The zero-order chi connectivity index (χ0) is 21.9. The molecule has 2 aliphatic carbocycles. The highest BCUT2D eigenvalue weighted by Crippen LogP contribution is 2.38. The number of hydrogen-bond acceptors (Lipinski definition) is 4. The minimum atomic E-state index is -0.353. The minimum absolute atomic E-state index is 0.170. The normalized spacial score (nSPS) is 20.9. The first-order valence-electron chi connectivity index (χ1n) is 12.7. The number of esters is 2. The molecule has 2 fully saturated rings. The third-order valence-electron chi connectivity index (χ3n) is 6.83. The molecule has 0 aromatic heterocycles. The van der Waals surface area contributed by atoms with Crippen LogP contribution in [0.5, 0.6) is 0 Å². The van der Waals surface area contributed by atoms with Gasteiger partial charge in [-0.3, -0.25) is 9.59 Å². The molecule has 0 amide bonds. The van der Waals surface area contributed by atoms with E-state index in [0.29, 0.717) is 36.9 Å². The number of carbonyl (C=O) groups is 2. The molecule has 0 saturated heterocycles. The maximum atomic E-state index is 13.2. The fourth-order valence-corrected chi connectivity index (χ4v) is 5.13. The summed E-state index contributed by atoms with van der Waals surface area (Å²) < 4.78 is 11.4. The fourth-order valence-electron chi connectivity index (χ4n) is 5.13. The molecule has 0 aliphatic heterocycles. The van der Waals surface area contributed by atoms with Crippen LogP contribution in [0.25, 0.3) is 0 Å². The van der Waals surface area contributed by atoms with Gasteiger partial charge >= 0.3 is 11.9 Å². The maximum absolute atomic E-state index is 13.2. The van der Waals surface area contributed by atoms with E-state index in [1.807, 2.05) is 0 Å². The molecular formula is C26H46O4. The van der Waals surface area contributed by atoms with Crippen molar-refractivity contribution < 1.29 is 19.1 Å². The second-order valence-corrected chi connectivity index (χ2v) is 10.7. The lowest BCUT2D eigenvalue weighted by Crippen LogP contribution is -2.37. The summed E-state index contributed by atoms with van der Waals surface area (Å²) in [7, 11) is 0. The van der Waals surface area contributed by atoms with Gasteiger partial charge < -0.3 is 9.47 Å². The summed E-state index contributed by atoms with van der Waals surface area (Å²) in [6.45, 7) is 9.08. The van der Waals surface area contributed by atoms with Gasteiger partial charge in [0.1, 0.15) is 0 Å². The van der Waals surface area contributed by atoms with Gasteiger partial charge in [0.15, 0.2) is 0 Å². The third-order valence-corrected chi connectivity index (χ3v) is 6.83. The van der Waals surface area contributed by atoms with Gasteiger partial charge in [0.2, 0.25) is 0 Å². The summed E-state index contributed by atoms with van der Waals surface area (Å²) in [6.07, 6.45) is 13.8. The van der Waals surface area contributed by atoms with Gasteiger partial charge in [-0.05, 0) is 36.5 Å². The molecule has 0 bridgehead atoms. The van der Waals surface area contributed by atoms with Gasteiger partial charge in [0.25, 0.3) is 0 Å². The second kappa shape index (κ2) is 13.4. The number of rotatable bonds is 11. The summed E-state index contributed by atoms with van der Waals surface area (Å²) in [4.78, 5) is 26.4. The van der Waals surface area contributed by atoms with Crippen molar-refractivity contribution >= 4 is 11.9 Å². The Morgan fingerprint density at radius 3 is 1.27 bits per heavy atom. The predicted octanol–water partition coefficient (Wildman–Crippen LogP) is 6.56. The van der Waals surface area contributed by atoms with Crippen molar-refractivity contribution in [2.45, 2.75) is 105 Å². The topological polar surface area (TPSA) is 52.6 Å². The molecule has 4 heteroatoms. The van der Waals surface area contributed by atoms with E-state index in [1.165, 1.54) is 64.2 Å². The van der Waals surface area contributed by atoms with Crippen molar-refractivity contribution in [1.29, 1.82) is 0 Å². The molecule has 4 nitrogen and oxygen atoms in total. The highest BCUT2D eigenvalue weighted by atomic mass is 16.5. The van der Waals surface area contributed by atoms with Crippen LogP contribution in [-0.4, -0.2) is 25.2 Å². The number of carbonyl (C=O) groups excluding carboxylic acids is 2. The Kier molecular flexibility index (Phi) is 11.2. The van der Waals surface area contributed by atoms with Crippen molar-refractivity contribution in [2.24, 2.45) is 35.5 Å². The lowest BCUT2D eigenvalue weighted by atomic mass is 9.73. The Balaban J connectivity index is 2.17. The molecule has 30 heavy (non-hydrogen) atoms. The van der Waals surface area contributed by atoms with Crippen LogP contribution in [0.3, 0.4) is 0 Å². The lowest BCUT2D eigenvalue weighted by molar-refractivity contribution is -0.164. The highest BCUT2D eigenvalue weighted by Gasteiger charge is 2.39. The van der Waals surface area contributed by atoms with Crippen LogP contribution in [-0.2, 0) is 19.1 Å². The third kappa shape index (κ3) is 8.98. The summed E-state index contributed by atoms with van der Waals surface area (Å²) in [5.74, 6) is 0.613. The van der Waals surface area contributed by atoms with Crippen LogP contribution in [0.2, 0.25) is 0 Å². The summed E-state index contributed by atoms with van der Waals surface area (Å²) in [5.41, 5.74) is 0. The molecule has 0 aromatic carbocycles. The van der Waals surface area contributed by atoms with Crippen molar-refractivity contribution in [3.05, 3.63) is 0 Å². The molecule has 2 saturated carbocycles. The van der Waals surface area contributed by atoms with Gasteiger partial charge in [-0.25, -0.2) is 0 Å². The Morgan fingerprint density at radius 1 is 0.633 bits per heavy atom. The van der Waals surface area contributed by atoms with Gasteiger partial charge in [0.05, 0.1) is 25.0 Å². The Morgan fingerprint density at radius 2 is 0.967 bits per heavy atom. The van der Waals surface area contributed by atoms with E-state index in [1.54, 1.807) is 0 Å². The van der Waals surface area contributed by atoms with Gasteiger partial charge in [-0.2, -0.15) is 0 Å². The van der Waals surface area contributed by atoms with Crippen molar-refractivity contribution in [2.75, 3.05) is 13.2 Å². The fraction of sp³-hybridized carbons (Fsp3) is 0.923. The molecule has 2 aliphatic rings. The largest absolute Gasteiger partial charge is 0.465 e. The molecule has 174 valence electrons. The Bertz CT molecular complexity index is 455. The van der Waals surface area contributed by atoms with Gasteiger partial charge in [-0.15, -0.1) is 0 Å². The zero-order valence-corrected chi connectivity index (χ0v) is 20.0. The van der Waals surface area contributed by atoms with Crippen LogP contribution >= 0.6 is 0 Å². The van der Waals surface area contributed by atoms with Gasteiger partial charge in [-0.1, -0.05) is 91.9 Å². The second-order valence-electron chi connectivity index (χ2n) is 10.7. The van der Waals surface area contributed by atoms with Crippen molar-refractivity contribution in [1.82, 2.24) is 0 Å². The molecular weight excluding hydrogens is 376 g/mol. The number of hydrogen-bond donors (Lipinski definition) is 0. The predicted molar refractivity (Wildman–Crippen MR) is 121 cm³/mol. The first kappa shape index (κ1) is 25.2. The minimum Gasteiger partial charge on any atom is -0.465 e. The SMILES string of the molecule is CC(C)COC(=O)C(CC1CCCCC1)C(CC1CCCCC1)C(=O)OCC(C)C. The van der Waals surface area contributed by atoms with E-state index in [0.717, 1.165) is 12.8 Å². The van der Waals surface area contributed by atoms with E-state index in [4.69, 9.17) is 9.47 Å². The molecule has 2 rings (SSSR count). The Hall–Kier alpha value is -1.06. The summed E-state index contributed by atoms with van der Waals surface area (Å²) in [5, 5.41) is 0. The lowest BCUT2D eigenvalue weighted by Gasteiger charge is -2.32. The van der Waals surface area contributed by atoms with E-state index < -0.39 is 0 Å². The Labute approximate surface area is 184 Å². The van der Waals surface area contributed by atoms with E-state index in [-0.39, 0.29) is 23.8 Å². The monoisotopic (exact) mass is 422 g/mol. The van der Waals surface area contributed by atoms with Crippen molar-refractivity contribution in [3.63, 3.8) is 0 Å². The summed E-state index contributed by atoms with van der Waals surface area (Å²) >= 11 is 0. The molecule has 2 unspecified atom stereocenters. The maximum Gasteiger partial charge on any atom is 0.309 e. The molecule has 2 atom stereocenters. The van der Waals surface area contributed by atoms with Crippen LogP contribution in [0.4, 0.5) is 0 Å². The van der Waals surface area contributed by atoms with Crippen LogP contribution < -0.4 is 0 Å². The van der Waals surface area contributed by atoms with E-state index in [2.05, 4.69) is 27.7 Å². The van der Waals surface area contributed by atoms with E-state index in [9.17, 15) is 9.59 Å². The highest BCUT2D eigenvalue weighted by molar-refractivity contribution is 5.82. The molecule has 0 aromatic rings. The van der Waals surface area contributed by atoms with Crippen LogP contribution in [0.1, 0.15) is 105 Å². The molecule has 0 N–H and O–H groups in total. The average molecular weight is 423 g/mol. The number of ether oxygens (including phenoxy) is 2. The smallest absolute Gasteiger partial charge is 0.309 e. The quantitative estimate of drug-likeness (QED) is 0.354. The molecule has 0 spiro atoms. The average Bonchev–Trinajstić information content (AvgIpc) is 2.74. The zero-order valence-electron chi connectivity index (χ0n) is 20.0. The molecule has 0 radical (unpaired) electrons. The standard InChI is InChI=1S/C26H46O4/c1-19(2)17-29-25(27)23(15-21-11-7-5-8-12-21)24(26(28)30-18-20(3)4)16-22-13-9-6-10-14-22/h19-24H,5-18H2,1-4H3. The van der Waals surface area contributed by atoms with E-state index >= 15 is 0 Å². The summed E-state index contributed by atoms with van der Waals surface area (Å²) in [6, 6.07) is 0. The van der Waals surface area contributed by atoms with Crippen molar-refractivity contribution in [3.8, 4) is 0 Å². The van der Waals surface area contributed by atoms with Crippen LogP contribution in [0, 0.1) is 35.5 Å². The molecule has 0 heterocycles.